The third-order valence-corrected chi connectivity index (χ3v) is 4.73. The first kappa shape index (κ1) is 21.9. The summed E-state index contributed by atoms with van der Waals surface area (Å²) in [6.07, 6.45) is 1.39. The van der Waals surface area contributed by atoms with Gasteiger partial charge in [0.25, 0.3) is 5.91 Å². The molecule has 0 radical (unpaired) electrons. The molecule has 7 nitrogen and oxygen atoms in total. The highest BCUT2D eigenvalue weighted by Gasteiger charge is 2.30. The normalized spacial score (nSPS) is 16.4. The molecule has 1 aromatic rings. The van der Waals surface area contributed by atoms with Crippen molar-refractivity contribution in [2.75, 3.05) is 39.9 Å². The molecule has 0 unspecified atom stereocenters. The largest absolute Gasteiger partial charge is 0.482 e. The first-order valence-corrected chi connectivity index (χ1v) is 9.45. The second-order valence-electron chi connectivity index (χ2n) is 6.54. The van der Waals surface area contributed by atoms with Crippen molar-refractivity contribution in [3.63, 3.8) is 0 Å². The molecule has 154 valence electrons. The maximum Gasteiger partial charge on any atom is 0.310 e. The number of carbonyl (C=O) groups is 3. The molecule has 1 fully saturated rings. The summed E-state index contributed by atoms with van der Waals surface area (Å²) in [6, 6.07) is 3.60. The number of hydrogen-bond donors (Lipinski definition) is 0. The van der Waals surface area contributed by atoms with Crippen LogP contribution in [0.15, 0.2) is 18.2 Å². The molecule has 1 saturated heterocycles. The highest BCUT2D eigenvalue weighted by Crippen LogP contribution is 2.24. The number of carbonyl (C=O) groups excluding carboxylic acids is 3. The Bertz CT molecular complexity index is 730. The molecule has 0 bridgehead atoms. The van der Waals surface area contributed by atoms with Crippen LogP contribution in [0.5, 0.6) is 5.75 Å². The van der Waals surface area contributed by atoms with E-state index in [4.69, 9.17) is 21.1 Å². The van der Waals surface area contributed by atoms with Gasteiger partial charge in [0.05, 0.1) is 24.1 Å². The molecule has 9 heteroatoms. The zero-order chi connectivity index (χ0) is 20.7. The van der Waals surface area contributed by atoms with Gasteiger partial charge in [0, 0.05) is 20.1 Å². The van der Waals surface area contributed by atoms with Crippen LogP contribution in [0.2, 0.25) is 5.02 Å². The number of amides is 2. The van der Waals surface area contributed by atoms with Gasteiger partial charge in [-0.25, -0.2) is 4.39 Å². The van der Waals surface area contributed by atoms with E-state index in [2.05, 4.69) is 0 Å². The first-order chi connectivity index (χ1) is 13.3. The average Bonchev–Trinajstić information content (AvgIpc) is 2.67. The van der Waals surface area contributed by atoms with E-state index in [-0.39, 0.29) is 41.7 Å². The fraction of sp³-hybridized carbons (Fsp3) is 0.526. The van der Waals surface area contributed by atoms with Gasteiger partial charge in [-0.15, -0.1) is 0 Å². The van der Waals surface area contributed by atoms with E-state index in [1.165, 1.54) is 24.1 Å². The van der Waals surface area contributed by atoms with E-state index in [1.54, 1.807) is 11.8 Å². The highest BCUT2D eigenvalue weighted by molar-refractivity contribution is 6.32. The number of esters is 1. The minimum Gasteiger partial charge on any atom is -0.482 e. The van der Waals surface area contributed by atoms with Crippen LogP contribution in [0.1, 0.15) is 19.8 Å². The summed E-state index contributed by atoms with van der Waals surface area (Å²) >= 11 is 5.85. The molecule has 0 spiro atoms. The minimum atomic E-state index is -0.506. The van der Waals surface area contributed by atoms with Gasteiger partial charge in [0.2, 0.25) is 5.91 Å². The highest BCUT2D eigenvalue weighted by atomic mass is 35.5. The molecule has 0 saturated carbocycles. The van der Waals surface area contributed by atoms with E-state index >= 15 is 0 Å². The quantitative estimate of drug-likeness (QED) is 0.639. The molecule has 2 rings (SSSR count). The maximum atomic E-state index is 13.0. The summed E-state index contributed by atoms with van der Waals surface area (Å²) in [4.78, 5) is 39.4. The van der Waals surface area contributed by atoms with Crippen LogP contribution in [0, 0.1) is 11.7 Å². The zero-order valence-electron chi connectivity index (χ0n) is 16.0. The number of halogens is 2. The molecule has 0 aliphatic carbocycles. The molecular weight excluding hydrogens is 391 g/mol. The smallest absolute Gasteiger partial charge is 0.310 e. The van der Waals surface area contributed by atoms with Gasteiger partial charge >= 0.3 is 5.97 Å². The van der Waals surface area contributed by atoms with Crippen LogP contribution in [-0.2, 0) is 19.1 Å². The van der Waals surface area contributed by atoms with Crippen molar-refractivity contribution in [3.8, 4) is 5.75 Å². The Hall–Kier alpha value is -2.35. The SMILES string of the molecule is CCOC(=O)[C@H]1CCCN(C(=O)CN(C)C(=O)COc2ccc(F)cc2Cl)C1. The van der Waals surface area contributed by atoms with E-state index < -0.39 is 11.7 Å². The number of ether oxygens (including phenoxy) is 2. The lowest BCUT2D eigenvalue weighted by molar-refractivity contribution is -0.152. The lowest BCUT2D eigenvalue weighted by Gasteiger charge is -2.32. The van der Waals surface area contributed by atoms with Crippen LogP contribution in [-0.4, -0.2) is 67.5 Å². The van der Waals surface area contributed by atoms with Gasteiger partial charge in [-0.05, 0) is 38.0 Å². The summed E-state index contributed by atoms with van der Waals surface area (Å²) in [5.41, 5.74) is 0. The Morgan fingerprint density at radius 3 is 2.79 bits per heavy atom. The molecular formula is C19H24ClFN2O5. The summed E-state index contributed by atoms with van der Waals surface area (Å²) in [5, 5.41) is 0.0600. The predicted molar refractivity (Wildman–Crippen MR) is 100 cm³/mol. The molecule has 28 heavy (non-hydrogen) atoms. The molecule has 0 aromatic heterocycles. The molecule has 2 amide bonds. The zero-order valence-corrected chi connectivity index (χ0v) is 16.7. The summed E-state index contributed by atoms with van der Waals surface area (Å²) in [7, 11) is 1.49. The second kappa shape index (κ2) is 10.3. The summed E-state index contributed by atoms with van der Waals surface area (Å²) in [6.45, 7) is 2.42. The van der Waals surface area contributed by atoms with Crippen molar-refractivity contribution < 1.29 is 28.2 Å². The number of likely N-dealkylation sites (N-methyl/N-ethyl adjacent to an activating group) is 1. The fourth-order valence-corrected chi connectivity index (χ4v) is 3.11. The number of benzene rings is 1. The van der Waals surface area contributed by atoms with Crippen molar-refractivity contribution in [3.05, 3.63) is 29.0 Å². The monoisotopic (exact) mass is 414 g/mol. The van der Waals surface area contributed by atoms with Gasteiger partial charge in [-0.1, -0.05) is 11.6 Å². The van der Waals surface area contributed by atoms with Gasteiger partial charge < -0.3 is 19.3 Å². The topological polar surface area (TPSA) is 76.2 Å². The Balaban J connectivity index is 1.83. The lowest BCUT2D eigenvalue weighted by Crippen LogP contribution is -2.47. The van der Waals surface area contributed by atoms with Crippen molar-refractivity contribution in [2.24, 2.45) is 5.92 Å². The number of hydrogen-bond acceptors (Lipinski definition) is 5. The van der Waals surface area contributed by atoms with Crippen molar-refractivity contribution >= 4 is 29.4 Å². The summed E-state index contributed by atoms with van der Waals surface area (Å²) < 4.78 is 23.4. The Labute approximate surface area is 168 Å². The van der Waals surface area contributed by atoms with E-state index in [0.717, 1.165) is 6.07 Å². The molecule has 0 N–H and O–H groups in total. The molecule has 1 aromatic carbocycles. The molecule has 1 heterocycles. The van der Waals surface area contributed by atoms with E-state index in [9.17, 15) is 18.8 Å². The van der Waals surface area contributed by atoms with Crippen LogP contribution in [0.25, 0.3) is 0 Å². The van der Waals surface area contributed by atoms with Crippen molar-refractivity contribution in [1.82, 2.24) is 9.80 Å². The van der Waals surface area contributed by atoms with Gasteiger partial charge in [-0.3, -0.25) is 14.4 Å². The van der Waals surface area contributed by atoms with Gasteiger partial charge in [-0.2, -0.15) is 0 Å². The third kappa shape index (κ3) is 6.09. The average molecular weight is 415 g/mol. The number of rotatable bonds is 7. The maximum absolute atomic E-state index is 13.0. The predicted octanol–water partition coefficient (Wildman–Crippen LogP) is 2.12. The molecule has 1 aliphatic heterocycles. The number of nitrogens with zero attached hydrogens (tertiary/aromatic N) is 2. The fourth-order valence-electron chi connectivity index (χ4n) is 2.89. The third-order valence-electron chi connectivity index (χ3n) is 4.44. The minimum absolute atomic E-state index is 0.0600. The van der Waals surface area contributed by atoms with Crippen LogP contribution < -0.4 is 4.74 Å². The Kier molecular flexibility index (Phi) is 8.04. The number of likely N-dealkylation sites (tertiary alicyclic amines) is 1. The van der Waals surface area contributed by atoms with E-state index in [1.807, 2.05) is 0 Å². The summed E-state index contributed by atoms with van der Waals surface area (Å²) in [5.74, 6) is -1.62. The van der Waals surface area contributed by atoms with Crippen LogP contribution in [0.4, 0.5) is 4.39 Å². The van der Waals surface area contributed by atoms with Crippen molar-refractivity contribution in [1.29, 1.82) is 0 Å². The lowest BCUT2D eigenvalue weighted by atomic mass is 9.98. The number of piperidine rings is 1. The Morgan fingerprint density at radius 1 is 1.36 bits per heavy atom. The first-order valence-electron chi connectivity index (χ1n) is 9.08. The van der Waals surface area contributed by atoms with Crippen LogP contribution >= 0.6 is 11.6 Å². The molecule has 1 aliphatic rings. The van der Waals surface area contributed by atoms with Crippen LogP contribution in [0.3, 0.4) is 0 Å². The van der Waals surface area contributed by atoms with Gasteiger partial charge in [0.1, 0.15) is 11.6 Å². The van der Waals surface area contributed by atoms with Gasteiger partial charge in [0.15, 0.2) is 6.61 Å². The second-order valence-corrected chi connectivity index (χ2v) is 6.95. The Morgan fingerprint density at radius 2 is 2.11 bits per heavy atom. The standard InChI is InChI=1S/C19H24ClFN2O5/c1-3-27-19(26)13-5-4-8-23(10-13)17(24)11-22(2)18(25)12-28-16-7-6-14(21)9-15(16)20/h6-7,9,13H,3-5,8,10-12H2,1-2H3/t13-/m0/s1. The van der Waals surface area contributed by atoms with E-state index in [0.29, 0.717) is 32.5 Å². The molecule has 1 atom stereocenters. The van der Waals surface area contributed by atoms with Crippen molar-refractivity contribution in [2.45, 2.75) is 19.8 Å².